The molecule has 0 saturated carbocycles. The highest BCUT2D eigenvalue weighted by atomic mass is 16.6. The quantitative estimate of drug-likeness (QED) is 0.832. The van der Waals surface area contributed by atoms with Gasteiger partial charge >= 0.3 is 5.97 Å². The topological polar surface area (TPSA) is 94.1 Å². The van der Waals surface area contributed by atoms with Gasteiger partial charge < -0.3 is 20.4 Å². The number of rotatable bonds is 4. The third-order valence-corrected chi connectivity index (χ3v) is 4.19. The van der Waals surface area contributed by atoms with Crippen LogP contribution in [0.2, 0.25) is 0 Å². The lowest BCUT2D eigenvalue weighted by Gasteiger charge is -2.20. The molecule has 0 amide bonds. The number of carbonyl (C=O) groups is 2. The van der Waals surface area contributed by atoms with Gasteiger partial charge in [-0.3, -0.25) is 0 Å². The Kier molecular flexibility index (Phi) is 8.03. The molecule has 2 atom stereocenters. The molecule has 3 N–H and O–H groups in total. The highest BCUT2D eigenvalue weighted by Crippen LogP contribution is 2.34. The summed E-state index contributed by atoms with van der Waals surface area (Å²) in [5.74, 6) is -1.56. The molecular formula is C21H31NO4. The van der Waals surface area contributed by atoms with Gasteiger partial charge in [-0.1, -0.05) is 43.7 Å². The number of hydrogen-bond donors (Lipinski definition) is 1. The van der Waals surface area contributed by atoms with Crippen molar-refractivity contribution < 1.29 is 25.2 Å². The SMILES string of the molecule is CC[C@H]1CC(C(=O)[O-])=C(C(=O)OC(C)(C)C)C1.C[C@H]([NH3+])c1ccccc1. The molecule has 5 heteroatoms. The van der Waals surface area contributed by atoms with E-state index in [-0.39, 0.29) is 17.1 Å². The summed E-state index contributed by atoms with van der Waals surface area (Å²) in [5.41, 5.74) is 5.01. The molecule has 0 aromatic heterocycles. The van der Waals surface area contributed by atoms with E-state index in [0.717, 1.165) is 6.42 Å². The van der Waals surface area contributed by atoms with Gasteiger partial charge in [-0.2, -0.15) is 0 Å². The van der Waals surface area contributed by atoms with Crippen LogP contribution in [0.4, 0.5) is 0 Å². The number of quaternary nitrogens is 1. The average molecular weight is 361 g/mol. The maximum Gasteiger partial charge on any atom is 0.334 e. The predicted octanol–water partition coefficient (Wildman–Crippen LogP) is 2.18. The molecule has 0 saturated heterocycles. The van der Waals surface area contributed by atoms with Gasteiger partial charge in [0.1, 0.15) is 11.6 Å². The lowest BCUT2D eigenvalue weighted by Crippen LogP contribution is -2.51. The first-order chi connectivity index (χ1) is 12.0. The molecule has 0 aliphatic heterocycles. The number of esters is 1. The number of ether oxygens (including phenoxy) is 1. The van der Waals surface area contributed by atoms with E-state index in [1.807, 2.05) is 25.1 Å². The molecule has 0 bridgehead atoms. The molecule has 2 rings (SSSR count). The molecule has 1 aromatic rings. The van der Waals surface area contributed by atoms with Crippen molar-refractivity contribution in [2.75, 3.05) is 0 Å². The number of hydrogen-bond acceptors (Lipinski definition) is 4. The second-order valence-electron chi connectivity index (χ2n) is 7.74. The second kappa shape index (κ2) is 9.53. The van der Waals surface area contributed by atoms with Gasteiger partial charge in [-0.25, -0.2) is 4.79 Å². The van der Waals surface area contributed by atoms with Crippen molar-refractivity contribution in [2.45, 2.75) is 65.5 Å². The minimum Gasteiger partial charge on any atom is -0.545 e. The molecule has 144 valence electrons. The summed E-state index contributed by atoms with van der Waals surface area (Å²) in [6, 6.07) is 10.7. The third-order valence-electron chi connectivity index (χ3n) is 4.19. The summed E-state index contributed by atoms with van der Waals surface area (Å²) in [5, 5.41) is 11.0. The van der Waals surface area contributed by atoms with Crippen LogP contribution in [0.1, 0.15) is 65.5 Å². The Morgan fingerprint density at radius 3 is 2.12 bits per heavy atom. The van der Waals surface area contributed by atoms with Crippen molar-refractivity contribution in [3.63, 3.8) is 0 Å². The van der Waals surface area contributed by atoms with Gasteiger partial charge in [0.25, 0.3) is 0 Å². The van der Waals surface area contributed by atoms with Crippen molar-refractivity contribution in [1.82, 2.24) is 0 Å². The van der Waals surface area contributed by atoms with Gasteiger partial charge in [0, 0.05) is 11.1 Å². The minimum absolute atomic E-state index is 0.117. The molecule has 1 aromatic carbocycles. The highest BCUT2D eigenvalue weighted by Gasteiger charge is 2.30. The fourth-order valence-electron chi connectivity index (χ4n) is 2.72. The Morgan fingerprint density at radius 1 is 1.19 bits per heavy atom. The standard InChI is InChI=1S/C13H20O4.C8H11N/c1-5-8-6-9(11(14)15)10(7-8)12(16)17-13(2,3)4;1-7(9)8-5-3-2-4-6-8/h8H,5-7H2,1-4H3,(H,14,15);2-7H,9H2,1H3/t8-;7-/m00/s1. The maximum atomic E-state index is 11.9. The Balaban J connectivity index is 0.000000314. The van der Waals surface area contributed by atoms with Gasteiger partial charge in [0.05, 0.1) is 5.97 Å². The zero-order chi connectivity index (χ0) is 19.9. The van der Waals surface area contributed by atoms with Crippen LogP contribution in [0.5, 0.6) is 0 Å². The van der Waals surface area contributed by atoms with E-state index in [1.54, 1.807) is 20.8 Å². The molecule has 1 aliphatic carbocycles. The van der Waals surface area contributed by atoms with E-state index in [9.17, 15) is 14.7 Å². The van der Waals surface area contributed by atoms with E-state index in [4.69, 9.17) is 4.74 Å². The Morgan fingerprint density at radius 2 is 1.73 bits per heavy atom. The molecule has 0 unspecified atom stereocenters. The largest absolute Gasteiger partial charge is 0.545 e. The minimum atomic E-state index is -1.25. The maximum absolute atomic E-state index is 11.9. The fraction of sp³-hybridized carbons (Fsp3) is 0.524. The summed E-state index contributed by atoms with van der Waals surface area (Å²) in [6.07, 6.45) is 1.74. The Hall–Kier alpha value is -2.14. The van der Waals surface area contributed by atoms with Crippen LogP contribution in [0.15, 0.2) is 41.5 Å². The molecule has 0 radical (unpaired) electrons. The van der Waals surface area contributed by atoms with Crippen molar-refractivity contribution >= 4 is 11.9 Å². The van der Waals surface area contributed by atoms with Crippen molar-refractivity contribution in [1.29, 1.82) is 0 Å². The van der Waals surface area contributed by atoms with Crippen LogP contribution < -0.4 is 10.8 Å². The van der Waals surface area contributed by atoms with E-state index in [1.165, 1.54) is 5.56 Å². The van der Waals surface area contributed by atoms with Crippen molar-refractivity contribution in [3.8, 4) is 0 Å². The molecule has 0 fully saturated rings. The van der Waals surface area contributed by atoms with Crippen LogP contribution in [0, 0.1) is 5.92 Å². The number of benzene rings is 1. The van der Waals surface area contributed by atoms with E-state index < -0.39 is 17.5 Å². The van der Waals surface area contributed by atoms with Crippen LogP contribution >= 0.6 is 0 Å². The van der Waals surface area contributed by atoms with E-state index >= 15 is 0 Å². The van der Waals surface area contributed by atoms with Gasteiger partial charge in [0.15, 0.2) is 0 Å². The average Bonchev–Trinajstić information content (AvgIpc) is 2.99. The summed E-state index contributed by atoms with van der Waals surface area (Å²) in [7, 11) is 0. The lowest BCUT2D eigenvalue weighted by molar-refractivity contribution is -0.420. The van der Waals surface area contributed by atoms with E-state index in [2.05, 4.69) is 24.8 Å². The van der Waals surface area contributed by atoms with Gasteiger partial charge in [0.2, 0.25) is 0 Å². The molecular weight excluding hydrogens is 330 g/mol. The van der Waals surface area contributed by atoms with Crippen LogP contribution in [0.25, 0.3) is 0 Å². The Bertz CT molecular complexity index is 642. The van der Waals surface area contributed by atoms with Crippen molar-refractivity contribution in [2.24, 2.45) is 5.92 Å². The smallest absolute Gasteiger partial charge is 0.334 e. The first kappa shape index (κ1) is 21.9. The zero-order valence-electron chi connectivity index (χ0n) is 16.5. The zero-order valence-corrected chi connectivity index (χ0v) is 16.5. The molecule has 26 heavy (non-hydrogen) atoms. The number of carbonyl (C=O) groups excluding carboxylic acids is 2. The summed E-state index contributed by atoms with van der Waals surface area (Å²) in [4.78, 5) is 22.8. The van der Waals surface area contributed by atoms with Crippen molar-refractivity contribution in [3.05, 3.63) is 47.0 Å². The second-order valence-corrected chi connectivity index (χ2v) is 7.74. The van der Waals surface area contributed by atoms with Crippen LogP contribution in [-0.2, 0) is 14.3 Å². The van der Waals surface area contributed by atoms with E-state index in [0.29, 0.717) is 18.9 Å². The lowest BCUT2D eigenvalue weighted by atomic mass is 10.0. The van der Waals surface area contributed by atoms with Gasteiger partial charge in [-0.15, -0.1) is 0 Å². The molecule has 1 aliphatic rings. The first-order valence-corrected chi connectivity index (χ1v) is 9.09. The molecule has 5 nitrogen and oxygen atoms in total. The monoisotopic (exact) mass is 361 g/mol. The first-order valence-electron chi connectivity index (χ1n) is 9.09. The van der Waals surface area contributed by atoms with Crippen LogP contribution in [0.3, 0.4) is 0 Å². The molecule has 0 heterocycles. The number of aliphatic carboxylic acids is 1. The predicted molar refractivity (Wildman–Crippen MR) is 98.6 cm³/mol. The fourth-order valence-corrected chi connectivity index (χ4v) is 2.72. The number of carboxylic acids is 1. The summed E-state index contributed by atoms with van der Waals surface area (Å²) < 4.78 is 5.21. The Labute approximate surface area is 156 Å². The third kappa shape index (κ3) is 7.00. The number of carboxylic acid groups (broad SMARTS) is 1. The summed E-state index contributed by atoms with van der Waals surface area (Å²) in [6.45, 7) is 9.36. The molecule has 0 spiro atoms. The van der Waals surface area contributed by atoms with Gasteiger partial charge in [-0.05, 0) is 52.0 Å². The highest BCUT2D eigenvalue weighted by molar-refractivity contribution is 6.00. The summed E-state index contributed by atoms with van der Waals surface area (Å²) >= 11 is 0. The normalized spacial score (nSPS) is 18.0. The van der Waals surface area contributed by atoms with Crippen LogP contribution in [-0.4, -0.2) is 17.5 Å².